The minimum atomic E-state index is -0.00349. The van der Waals surface area contributed by atoms with Gasteiger partial charge in [-0.15, -0.1) is 0 Å². The fourth-order valence-corrected chi connectivity index (χ4v) is 2.48. The highest BCUT2D eigenvalue weighted by Gasteiger charge is 2.04. The van der Waals surface area contributed by atoms with E-state index in [4.69, 9.17) is 35.3 Å². The number of benzene rings is 2. The first-order valence-electron chi connectivity index (χ1n) is 9.27. The third-order valence-electron chi connectivity index (χ3n) is 3.89. The van der Waals surface area contributed by atoms with E-state index < -0.39 is 0 Å². The van der Waals surface area contributed by atoms with Gasteiger partial charge in [0, 0.05) is 11.1 Å². The van der Waals surface area contributed by atoms with E-state index in [1.165, 1.54) is 12.2 Å². The molecule has 7 nitrogen and oxygen atoms in total. The highest BCUT2D eigenvalue weighted by Crippen LogP contribution is 2.21. The summed E-state index contributed by atoms with van der Waals surface area (Å²) in [7, 11) is 0. The molecule has 0 aliphatic carbocycles. The maximum Gasteiger partial charge on any atom is 0.130 e. The molecule has 0 saturated carbocycles. The average Bonchev–Trinajstić information content (AvgIpc) is 2.81. The summed E-state index contributed by atoms with van der Waals surface area (Å²) >= 11 is 0. The molecule has 0 unspecified atom stereocenters. The number of nitrogens with zero attached hydrogens (tertiary/aromatic N) is 4. The monoisotopic (exact) mass is 410 g/mol. The van der Waals surface area contributed by atoms with Gasteiger partial charge in [-0.3, -0.25) is 0 Å². The average molecular weight is 410 g/mol. The van der Waals surface area contributed by atoms with Crippen LogP contribution in [-0.2, 0) is 4.74 Å². The van der Waals surface area contributed by atoms with Crippen LogP contribution in [0.3, 0.4) is 0 Å². The summed E-state index contributed by atoms with van der Waals surface area (Å²) in [4.78, 5) is 0. The van der Waals surface area contributed by atoms with Crippen molar-refractivity contribution in [2.24, 2.45) is 0 Å². The largest absolute Gasteiger partial charge is 0.491 e. The number of hydrogen-bond donors (Lipinski definition) is 0. The standard InChI is InChI=1S/C24H18N4O3/c25-15-19(16-26)13-21-5-1-3-7-23(21)30-11-9-29-10-12-31-24-8-4-2-6-22(24)14-20(17-27)18-28/h1-8,13-14H,9-12H2. The Morgan fingerprint density at radius 1 is 0.613 bits per heavy atom. The molecule has 0 aromatic heterocycles. The number of ether oxygens (including phenoxy) is 3. The Bertz CT molecular complexity index is 1000. The van der Waals surface area contributed by atoms with E-state index >= 15 is 0 Å². The molecule has 0 heterocycles. The van der Waals surface area contributed by atoms with Gasteiger partial charge >= 0.3 is 0 Å². The van der Waals surface area contributed by atoms with Gasteiger partial charge in [-0.2, -0.15) is 21.0 Å². The van der Waals surface area contributed by atoms with E-state index in [0.29, 0.717) is 35.8 Å². The van der Waals surface area contributed by atoms with Crippen LogP contribution in [0.25, 0.3) is 12.2 Å². The summed E-state index contributed by atoms with van der Waals surface area (Å²) in [5, 5.41) is 35.6. The van der Waals surface area contributed by atoms with Gasteiger partial charge in [-0.25, -0.2) is 0 Å². The van der Waals surface area contributed by atoms with Crippen LogP contribution >= 0.6 is 0 Å². The van der Waals surface area contributed by atoms with Crippen LogP contribution in [0.15, 0.2) is 59.7 Å². The predicted octanol–water partition coefficient (Wildman–Crippen LogP) is 4.02. The summed E-state index contributed by atoms with van der Waals surface area (Å²) in [5.74, 6) is 1.11. The second-order valence-corrected chi connectivity index (χ2v) is 5.95. The third kappa shape index (κ3) is 7.41. The van der Waals surface area contributed by atoms with Crippen LogP contribution in [0.4, 0.5) is 0 Å². The number of para-hydroxylation sites is 2. The first-order valence-corrected chi connectivity index (χ1v) is 9.27. The third-order valence-corrected chi connectivity index (χ3v) is 3.89. The lowest BCUT2D eigenvalue weighted by Crippen LogP contribution is -2.12. The zero-order chi connectivity index (χ0) is 22.3. The van der Waals surface area contributed by atoms with Gasteiger partial charge in [-0.05, 0) is 24.3 Å². The molecule has 0 aliphatic rings. The Kier molecular flexibility index (Phi) is 9.39. The van der Waals surface area contributed by atoms with Crippen molar-refractivity contribution in [1.82, 2.24) is 0 Å². The maximum atomic E-state index is 8.90. The smallest absolute Gasteiger partial charge is 0.130 e. The van der Waals surface area contributed by atoms with Crippen molar-refractivity contribution in [3.05, 3.63) is 70.8 Å². The van der Waals surface area contributed by atoms with Gasteiger partial charge in [0.05, 0.1) is 13.2 Å². The van der Waals surface area contributed by atoms with Crippen LogP contribution in [0, 0.1) is 45.3 Å². The number of allylic oxidation sites excluding steroid dienone is 2. The summed E-state index contributed by atoms with van der Waals surface area (Å²) in [6, 6.07) is 21.5. The Balaban J connectivity index is 1.80. The van der Waals surface area contributed by atoms with Crippen molar-refractivity contribution in [3.8, 4) is 35.8 Å². The molecule has 31 heavy (non-hydrogen) atoms. The van der Waals surface area contributed by atoms with Crippen molar-refractivity contribution in [3.63, 3.8) is 0 Å². The minimum absolute atomic E-state index is 0.00349. The lowest BCUT2D eigenvalue weighted by molar-refractivity contribution is 0.0763. The Morgan fingerprint density at radius 3 is 1.39 bits per heavy atom. The van der Waals surface area contributed by atoms with Crippen LogP contribution in [0.2, 0.25) is 0 Å². The number of hydrogen-bond acceptors (Lipinski definition) is 7. The summed E-state index contributed by atoms with van der Waals surface area (Å²) in [6.45, 7) is 1.21. The molecule has 0 amide bonds. The van der Waals surface area contributed by atoms with E-state index in [9.17, 15) is 0 Å². The van der Waals surface area contributed by atoms with Crippen LogP contribution in [0.1, 0.15) is 11.1 Å². The normalized spacial score (nSPS) is 9.16. The first-order chi connectivity index (χ1) is 15.2. The quantitative estimate of drug-likeness (QED) is 0.428. The zero-order valence-corrected chi connectivity index (χ0v) is 16.6. The molecule has 0 bridgehead atoms. The van der Waals surface area contributed by atoms with Crippen LogP contribution in [-0.4, -0.2) is 26.4 Å². The van der Waals surface area contributed by atoms with E-state index in [2.05, 4.69) is 0 Å². The Hall–Kier alpha value is -4.56. The van der Waals surface area contributed by atoms with Crippen LogP contribution in [0.5, 0.6) is 11.5 Å². The fraction of sp³-hybridized carbons (Fsp3) is 0.167. The minimum Gasteiger partial charge on any atom is -0.491 e. The van der Waals surface area contributed by atoms with Crippen molar-refractivity contribution < 1.29 is 14.2 Å². The molecule has 0 N–H and O–H groups in total. The summed E-state index contributed by atoms with van der Waals surface area (Å²) in [5.41, 5.74) is 1.28. The summed E-state index contributed by atoms with van der Waals surface area (Å²) in [6.07, 6.45) is 2.94. The molecule has 0 spiro atoms. The molecule has 0 radical (unpaired) electrons. The molecule has 2 aromatic carbocycles. The second kappa shape index (κ2) is 12.8. The van der Waals surface area contributed by atoms with Crippen LogP contribution < -0.4 is 9.47 Å². The molecular weight excluding hydrogens is 392 g/mol. The van der Waals surface area contributed by atoms with Gasteiger partial charge < -0.3 is 14.2 Å². The molecule has 2 aromatic rings. The molecule has 0 atom stereocenters. The van der Waals surface area contributed by atoms with Crippen molar-refractivity contribution in [2.45, 2.75) is 0 Å². The van der Waals surface area contributed by atoms with E-state index in [0.717, 1.165) is 0 Å². The van der Waals surface area contributed by atoms with Crippen molar-refractivity contribution in [2.75, 3.05) is 26.4 Å². The van der Waals surface area contributed by atoms with E-state index in [1.54, 1.807) is 48.5 Å². The SMILES string of the molecule is N#CC(C#N)=Cc1ccccc1OCCOCCOc1ccccc1C=C(C#N)C#N. The molecular formula is C24H18N4O3. The fourth-order valence-electron chi connectivity index (χ4n) is 2.48. The van der Waals surface area contributed by atoms with Gasteiger partial charge in [0.25, 0.3) is 0 Å². The Morgan fingerprint density at radius 2 is 1.00 bits per heavy atom. The van der Waals surface area contributed by atoms with E-state index in [1.807, 2.05) is 24.3 Å². The van der Waals surface area contributed by atoms with Gasteiger partial charge in [0.1, 0.15) is 60.1 Å². The Labute approximate surface area is 180 Å². The van der Waals surface area contributed by atoms with E-state index in [-0.39, 0.29) is 24.4 Å². The molecule has 0 fully saturated rings. The van der Waals surface area contributed by atoms with Crippen molar-refractivity contribution >= 4 is 12.2 Å². The first kappa shape index (κ1) is 22.7. The molecule has 2 rings (SSSR count). The topological polar surface area (TPSA) is 123 Å². The molecule has 0 saturated heterocycles. The highest BCUT2D eigenvalue weighted by atomic mass is 16.5. The zero-order valence-electron chi connectivity index (χ0n) is 16.6. The van der Waals surface area contributed by atoms with Crippen molar-refractivity contribution in [1.29, 1.82) is 21.0 Å². The highest BCUT2D eigenvalue weighted by molar-refractivity contribution is 5.67. The predicted molar refractivity (Wildman–Crippen MR) is 113 cm³/mol. The maximum absolute atomic E-state index is 8.90. The van der Waals surface area contributed by atoms with Gasteiger partial charge in [0.15, 0.2) is 0 Å². The molecule has 152 valence electrons. The molecule has 0 aliphatic heterocycles. The second-order valence-electron chi connectivity index (χ2n) is 5.95. The lowest BCUT2D eigenvalue weighted by Gasteiger charge is -2.11. The number of rotatable bonds is 10. The van der Waals surface area contributed by atoms with Gasteiger partial charge in [-0.1, -0.05) is 36.4 Å². The molecule has 7 heteroatoms. The number of nitriles is 4. The lowest BCUT2D eigenvalue weighted by atomic mass is 10.1. The van der Waals surface area contributed by atoms with Gasteiger partial charge in [0.2, 0.25) is 0 Å². The summed E-state index contributed by atoms with van der Waals surface area (Å²) < 4.78 is 16.9.